The van der Waals surface area contributed by atoms with Crippen molar-refractivity contribution in [2.75, 3.05) is 0 Å². The summed E-state index contributed by atoms with van der Waals surface area (Å²) in [7, 11) is -3.97. The normalized spacial score (nSPS) is 11.3. The zero-order valence-electron chi connectivity index (χ0n) is 13.3. The van der Waals surface area contributed by atoms with Crippen LogP contribution in [0.2, 0.25) is 0 Å². The van der Waals surface area contributed by atoms with Gasteiger partial charge in [-0.3, -0.25) is 4.79 Å². The fourth-order valence-electron chi connectivity index (χ4n) is 2.20. The molecule has 0 fully saturated rings. The molecule has 0 heterocycles. The second-order valence-corrected chi connectivity index (χ2v) is 6.99. The molecule has 5 heteroatoms. The summed E-state index contributed by atoms with van der Waals surface area (Å²) in [5.74, 6) is -0.671. The van der Waals surface area contributed by atoms with Crippen LogP contribution in [0.1, 0.15) is 64.7 Å². The molecule has 0 spiro atoms. The first kappa shape index (κ1) is 18.7. The highest BCUT2D eigenvalue weighted by Crippen LogP contribution is 2.14. The van der Waals surface area contributed by atoms with E-state index in [4.69, 9.17) is 0 Å². The van der Waals surface area contributed by atoms with Crippen LogP contribution in [0.25, 0.3) is 0 Å². The van der Waals surface area contributed by atoms with Crippen LogP contribution in [-0.4, -0.2) is 14.4 Å². The van der Waals surface area contributed by atoms with Gasteiger partial charge in [-0.1, -0.05) is 70.1 Å². The molecule has 0 bridgehead atoms. The number of hydrogen-bond donors (Lipinski definition) is 0. The minimum Gasteiger partial charge on any atom is -0.342 e. The number of unbranched alkanes of at least 4 members (excludes halogenated alkanes) is 7. The van der Waals surface area contributed by atoms with Crippen molar-refractivity contribution < 1.29 is 17.4 Å². The molecule has 4 nitrogen and oxygen atoms in total. The number of carbonyl (C=O) groups is 1. The fraction of sp³-hybridized carbons (Fsp3) is 0.588. The molecule has 0 saturated heterocycles. The van der Waals surface area contributed by atoms with Gasteiger partial charge in [0.05, 0.1) is 0 Å². The Kier molecular flexibility index (Phi) is 8.82. The minimum absolute atomic E-state index is 0.0132. The van der Waals surface area contributed by atoms with Gasteiger partial charge < -0.3 is 4.18 Å². The second kappa shape index (κ2) is 10.4. The van der Waals surface area contributed by atoms with Crippen LogP contribution in [0.15, 0.2) is 35.2 Å². The zero-order valence-corrected chi connectivity index (χ0v) is 14.1. The van der Waals surface area contributed by atoms with E-state index in [1.165, 1.54) is 44.2 Å². The summed E-state index contributed by atoms with van der Waals surface area (Å²) >= 11 is 0. The third kappa shape index (κ3) is 7.59. The van der Waals surface area contributed by atoms with Gasteiger partial charge in [-0.25, -0.2) is 0 Å². The van der Waals surface area contributed by atoms with Crippen molar-refractivity contribution in [2.24, 2.45) is 0 Å². The third-order valence-corrected chi connectivity index (χ3v) is 4.72. The average Bonchev–Trinajstić information content (AvgIpc) is 2.50. The Hall–Kier alpha value is -1.36. The van der Waals surface area contributed by atoms with Crippen molar-refractivity contribution in [3.63, 3.8) is 0 Å². The Balaban J connectivity index is 2.18. The molecule has 124 valence electrons. The maximum absolute atomic E-state index is 11.8. The Morgan fingerprint density at radius 3 is 2.05 bits per heavy atom. The molecule has 0 N–H and O–H groups in total. The molecule has 0 saturated carbocycles. The molecule has 0 unspecified atom stereocenters. The standard InChI is InChI=1S/C17H26O4S/c1-2-3-4-5-6-7-8-12-15-17(18)21-22(19,20)16-13-10-9-11-14-16/h9-11,13-14H,2-8,12,15H2,1H3. The molecule has 0 aliphatic carbocycles. The van der Waals surface area contributed by atoms with Crippen molar-refractivity contribution in [1.29, 1.82) is 0 Å². The highest BCUT2D eigenvalue weighted by Gasteiger charge is 2.19. The molecular formula is C17H26O4S. The van der Waals surface area contributed by atoms with Crippen molar-refractivity contribution in [2.45, 2.75) is 69.6 Å². The maximum Gasteiger partial charge on any atom is 0.341 e. The average molecular weight is 326 g/mol. The van der Waals surface area contributed by atoms with Gasteiger partial charge in [-0.2, -0.15) is 8.42 Å². The van der Waals surface area contributed by atoms with Crippen LogP contribution in [0.5, 0.6) is 0 Å². The number of hydrogen-bond acceptors (Lipinski definition) is 4. The molecule has 1 rings (SSSR count). The first-order valence-corrected chi connectivity index (χ1v) is 9.49. The quantitative estimate of drug-likeness (QED) is 0.445. The lowest BCUT2D eigenvalue weighted by Crippen LogP contribution is -2.13. The monoisotopic (exact) mass is 326 g/mol. The van der Waals surface area contributed by atoms with E-state index >= 15 is 0 Å². The summed E-state index contributed by atoms with van der Waals surface area (Å²) in [5.41, 5.74) is 0. The Morgan fingerprint density at radius 2 is 1.45 bits per heavy atom. The van der Waals surface area contributed by atoms with Gasteiger partial charge in [-0.05, 0) is 18.6 Å². The molecule has 0 aliphatic heterocycles. The van der Waals surface area contributed by atoms with Gasteiger partial charge in [-0.15, -0.1) is 0 Å². The van der Waals surface area contributed by atoms with Crippen molar-refractivity contribution >= 4 is 16.1 Å². The molecule has 0 amide bonds. The minimum atomic E-state index is -3.97. The van der Waals surface area contributed by atoms with E-state index in [9.17, 15) is 13.2 Å². The molecule has 1 aromatic carbocycles. The summed E-state index contributed by atoms with van der Waals surface area (Å²) in [6.45, 7) is 2.19. The van der Waals surface area contributed by atoms with E-state index in [1.54, 1.807) is 18.2 Å². The van der Waals surface area contributed by atoms with Crippen LogP contribution in [0.3, 0.4) is 0 Å². The van der Waals surface area contributed by atoms with Gasteiger partial charge in [0, 0.05) is 6.42 Å². The van der Waals surface area contributed by atoms with E-state index in [0.29, 0.717) is 6.42 Å². The lowest BCUT2D eigenvalue weighted by atomic mass is 10.1. The van der Waals surface area contributed by atoms with Gasteiger partial charge in [0.1, 0.15) is 4.90 Å². The summed E-state index contributed by atoms with van der Waals surface area (Å²) in [4.78, 5) is 11.6. The van der Waals surface area contributed by atoms with Gasteiger partial charge in [0.2, 0.25) is 0 Å². The number of rotatable bonds is 11. The van der Waals surface area contributed by atoms with E-state index < -0.39 is 16.1 Å². The lowest BCUT2D eigenvalue weighted by Gasteiger charge is -2.05. The first-order chi connectivity index (χ1) is 10.6. The Morgan fingerprint density at radius 1 is 0.909 bits per heavy atom. The summed E-state index contributed by atoms with van der Waals surface area (Å²) in [6, 6.07) is 7.73. The first-order valence-electron chi connectivity index (χ1n) is 8.08. The Bertz CT molecular complexity index is 523. The van der Waals surface area contributed by atoms with E-state index in [1.807, 2.05) is 0 Å². The van der Waals surface area contributed by atoms with Crippen LogP contribution >= 0.6 is 0 Å². The smallest absolute Gasteiger partial charge is 0.341 e. The van der Waals surface area contributed by atoms with Crippen molar-refractivity contribution in [3.05, 3.63) is 30.3 Å². The SMILES string of the molecule is CCCCCCCCCCC(=O)OS(=O)(=O)c1ccccc1. The van der Waals surface area contributed by atoms with E-state index in [0.717, 1.165) is 12.8 Å². The van der Waals surface area contributed by atoms with Crippen molar-refractivity contribution in [3.8, 4) is 0 Å². The van der Waals surface area contributed by atoms with Crippen LogP contribution in [-0.2, 0) is 19.1 Å². The van der Waals surface area contributed by atoms with Crippen molar-refractivity contribution in [1.82, 2.24) is 0 Å². The summed E-state index contributed by atoms with van der Waals surface area (Å²) in [6.07, 6.45) is 9.06. The molecule has 0 aliphatic rings. The molecule has 0 aromatic heterocycles. The lowest BCUT2D eigenvalue weighted by molar-refractivity contribution is -0.133. The number of carbonyl (C=O) groups excluding carboxylic acids is 1. The highest BCUT2D eigenvalue weighted by atomic mass is 32.2. The fourth-order valence-corrected chi connectivity index (χ4v) is 3.12. The van der Waals surface area contributed by atoms with Crippen LogP contribution in [0.4, 0.5) is 0 Å². The van der Waals surface area contributed by atoms with Gasteiger partial charge in [0.25, 0.3) is 0 Å². The van der Waals surface area contributed by atoms with Gasteiger partial charge >= 0.3 is 16.1 Å². The van der Waals surface area contributed by atoms with Gasteiger partial charge in [0.15, 0.2) is 0 Å². The predicted octanol–water partition coefficient (Wildman–Crippen LogP) is 4.45. The third-order valence-electron chi connectivity index (χ3n) is 3.47. The van der Waals surface area contributed by atoms with Crippen LogP contribution < -0.4 is 0 Å². The highest BCUT2D eigenvalue weighted by molar-refractivity contribution is 7.87. The Labute approximate surface area is 134 Å². The molecule has 1 aromatic rings. The molecular weight excluding hydrogens is 300 g/mol. The molecule has 0 radical (unpaired) electrons. The summed E-state index contributed by atoms with van der Waals surface area (Å²) in [5, 5.41) is 0. The topological polar surface area (TPSA) is 60.4 Å². The summed E-state index contributed by atoms with van der Waals surface area (Å²) < 4.78 is 28.3. The maximum atomic E-state index is 11.8. The number of benzene rings is 1. The van der Waals surface area contributed by atoms with E-state index in [-0.39, 0.29) is 11.3 Å². The molecule has 22 heavy (non-hydrogen) atoms. The largest absolute Gasteiger partial charge is 0.342 e. The predicted molar refractivity (Wildman–Crippen MR) is 86.9 cm³/mol. The molecule has 0 atom stereocenters. The zero-order chi connectivity index (χ0) is 16.3. The van der Waals surface area contributed by atoms with E-state index in [2.05, 4.69) is 11.1 Å². The van der Waals surface area contributed by atoms with Crippen LogP contribution in [0, 0.1) is 0 Å². The second-order valence-electron chi connectivity index (χ2n) is 5.45.